The molecule has 0 saturated heterocycles. The van der Waals surface area contributed by atoms with Gasteiger partial charge in [-0.05, 0) is 89.0 Å². The molecular weight excluding hydrogens is 687 g/mol. The van der Waals surface area contributed by atoms with Crippen LogP contribution in [0.2, 0.25) is 0 Å². The van der Waals surface area contributed by atoms with Crippen LogP contribution in [0.3, 0.4) is 0 Å². The molecule has 0 spiro atoms. The van der Waals surface area contributed by atoms with Crippen LogP contribution in [0, 0.1) is 0 Å². The number of anilines is 3. The lowest BCUT2D eigenvalue weighted by Gasteiger charge is -2.26. The topological polar surface area (TPSA) is 3.24 Å². The maximum absolute atomic E-state index is 2.43. The van der Waals surface area contributed by atoms with E-state index in [1.807, 2.05) is 34.0 Å². The van der Waals surface area contributed by atoms with E-state index >= 15 is 0 Å². The van der Waals surface area contributed by atoms with Crippen LogP contribution >= 0.6 is 34.0 Å². The molecule has 0 radical (unpaired) electrons. The lowest BCUT2D eigenvalue weighted by molar-refractivity contribution is 1.30. The quantitative estimate of drug-likeness (QED) is 0.171. The summed E-state index contributed by atoms with van der Waals surface area (Å²) in [5.74, 6) is 0. The first kappa shape index (κ1) is 29.9. The van der Waals surface area contributed by atoms with Gasteiger partial charge in [0.05, 0.1) is 10.4 Å². The first-order chi connectivity index (χ1) is 25.7. The summed E-state index contributed by atoms with van der Waals surface area (Å²) in [6.45, 7) is 0. The molecule has 52 heavy (non-hydrogen) atoms. The molecule has 3 aromatic heterocycles. The monoisotopic (exact) mass is 715 g/mol. The van der Waals surface area contributed by atoms with Gasteiger partial charge in [0.15, 0.2) is 0 Å². The molecule has 0 N–H and O–H groups in total. The third-order valence-electron chi connectivity index (χ3n) is 10.3. The third-order valence-corrected chi connectivity index (χ3v) is 13.8. The van der Waals surface area contributed by atoms with Crippen molar-refractivity contribution in [2.75, 3.05) is 4.90 Å². The van der Waals surface area contributed by atoms with Crippen LogP contribution in [-0.2, 0) is 0 Å². The van der Waals surface area contributed by atoms with Crippen molar-refractivity contribution < 1.29 is 0 Å². The molecule has 11 rings (SSSR count). The first-order valence-electron chi connectivity index (χ1n) is 17.5. The minimum Gasteiger partial charge on any atom is -0.309 e. The van der Waals surface area contributed by atoms with Gasteiger partial charge in [0.25, 0.3) is 0 Å². The largest absolute Gasteiger partial charge is 0.309 e. The maximum atomic E-state index is 2.43. The molecule has 0 aliphatic carbocycles. The van der Waals surface area contributed by atoms with Crippen molar-refractivity contribution in [1.29, 1.82) is 0 Å². The van der Waals surface area contributed by atoms with E-state index in [1.165, 1.54) is 88.5 Å². The average molecular weight is 716 g/mol. The number of hydrogen-bond donors (Lipinski definition) is 0. The van der Waals surface area contributed by atoms with Crippen molar-refractivity contribution in [3.05, 3.63) is 176 Å². The molecule has 0 saturated carbocycles. The van der Waals surface area contributed by atoms with E-state index in [0.717, 1.165) is 11.4 Å². The Morgan fingerprint density at radius 2 is 0.750 bits per heavy atom. The summed E-state index contributed by atoms with van der Waals surface area (Å²) in [5, 5.41) is 7.92. The van der Waals surface area contributed by atoms with Crippen molar-refractivity contribution in [2.45, 2.75) is 0 Å². The number of hydrogen-bond acceptors (Lipinski definition) is 4. The highest BCUT2D eigenvalue weighted by Crippen LogP contribution is 2.46. The van der Waals surface area contributed by atoms with Crippen LogP contribution in [0.25, 0.3) is 82.8 Å². The molecule has 0 aliphatic heterocycles. The van der Waals surface area contributed by atoms with Gasteiger partial charge in [-0.15, -0.1) is 34.0 Å². The van der Waals surface area contributed by atoms with E-state index in [1.54, 1.807) is 0 Å². The van der Waals surface area contributed by atoms with Gasteiger partial charge in [-0.3, -0.25) is 0 Å². The summed E-state index contributed by atoms with van der Waals surface area (Å²) < 4.78 is 7.93. The molecule has 11 aromatic rings. The standard InChI is InChI=1S/C48H29NS3/c1-4-13-43-36(8-1)39-26-20-33(29-47(39)51-43)31-18-24-35(25-19-31)49(42-12-7-11-40-37-9-2-6-15-45(37)52-48(40)42)34-22-16-30(17-23-34)32-21-27-46-41(28-32)38-10-3-5-14-44(38)50-46/h1-29H. The highest BCUT2D eigenvalue weighted by atomic mass is 32.1. The Kier molecular flexibility index (Phi) is 6.84. The molecule has 0 unspecified atom stereocenters. The van der Waals surface area contributed by atoms with Crippen LogP contribution in [0.15, 0.2) is 176 Å². The molecule has 244 valence electrons. The summed E-state index contributed by atoms with van der Waals surface area (Å²) in [6, 6.07) is 64.9. The van der Waals surface area contributed by atoms with Gasteiger partial charge < -0.3 is 4.90 Å². The fourth-order valence-electron chi connectivity index (χ4n) is 7.75. The number of rotatable bonds is 5. The summed E-state index contributed by atoms with van der Waals surface area (Å²) in [6.07, 6.45) is 0. The first-order valence-corrected chi connectivity index (χ1v) is 19.9. The Balaban J connectivity index is 1.02. The molecule has 0 amide bonds. The highest BCUT2D eigenvalue weighted by Gasteiger charge is 2.19. The molecule has 0 bridgehead atoms. The van der Waals surface area contributed by atoms with Crippen molar-refractivity contribution in [3.63, 3.8) is 0 Å². The maximum Gasteiger partial charge on any atom is 0.0640 e. The van der Waals surface area contributed by atoms with Gasteiger partial charge in [0, 0.05) is 67.2 Å². The number of thiophene rings is 3. The third kappa shape index (κ3) is 4.80. The smallest absolute Gasteiger partial charge is 0.0640 e. The Hall–Kier alpha value is -5.78. The van der Waals surface area contributed by atoms with Crippen LogP contribution in [0.4, 0.5) is 17.1 Å². The lowest BCUT2D eigenvalue weighted by Crippen LogP contribution is -2.10. The molecular formula is C48H29NS3. The Morgan fingerprint density at radius 3 is 1.42 bits per heavy atom. The average Bonchev–Trinajstić information content (AvgIpc) is 3.90. The Morgan fingerprint density at radius 1 is 0.288 bits per heavy atom. The van der Waals surface area contributed by atoms with Crippen LogP contribution in [0.1, 0.15) is 0 Å². The predicted molar refractivity (Wildman–Crippen MR) is 231 cm³/mol. The van der Waals surface area contributed by atoms with Crippen molar-refractivity contribution in [3.8, 4) is 22.3 Å². The molecule has 3 heterocycles. The normalized spacial score (nSPS) is 11.8. The zero-order chi connectivity index (χ0) is 34.2. The summed E-state index contributed by atoms with van der Waals surface area (Å²) in [4.78, 5) is 2.43. The highest BCUT2D eigenvalue weighted by molar-refractivity contribution is 7.27. The van der Waals surface area contributed by atoms with E-state index in [9.17, 15) is 0 Å². The fourth-order valence-corrected chi connectivity index (χ4v) is 11.2. The van der Waals surface area contributed by atoms with Gasteiger partial charge in [0.1, 0.15) is 0 Å². The van der Waals surface area contributed by atoms with Gasteiger partial charge in [-0.2, -0.15) is 0 Å². The molecule has 8 aromatic carbocycles. The molecule has 0 aliphatic rings. The van der Waals surface area contributed by atoms with E-state index in [-0.39, 0.29) is 0 Å². The summed E-state index contributed by atoms with van der Waals surface area (Å²) >= 11 is 5.61. The van der Waals surface area contributed by atoms with E-state index in [2.05, 4.69) is 181 Å². The number of benzene rings is 8. The predicted octanol–water partition coefficient (Wildman–Crippen LogP) is 15.6. The number of nitrogens with zero attached hydrogens (tertiary/aromatic N) is 1. The zero-order valence-electron chi connectivity index (χ0n) is 27.9. The Bertz CT molecular complexity index is 3130. The van der Waals surface area contributed by atoms with Crippen LogP contribution < -0.4 is 4.90 Å². The van der Waals surface area contributed by atoms with Gasteiger partial charge in [-0.25, -0.2) is 0 Å². The zero-order valence-corrected chi connectivity index (χ0v) is 30.4. The minimum absolute atomic E-state index is 1.13. The van der Waals surface area contributed by atoms with Crippen molar-refractivity contribution in [2.24, 2.45) is 0 Å². The van der Waals surface area contributed by atoms with Gasteiger partial charge in [-0.1, -0.05) is 109 Å². The second-order valence-corrected chi connectivity index (χ2v) is 16.5. The molecule has 1 nitrogen and oxygen atoms in total. The molecule has 0 atom stereocenters. The minimum atomic E-state index is 1.13. The van der Waals surface area contributed by atoms with E-state index in [0.29, 0.717) is 0 Å². The molecule has 0 fully saturated rings. The second kappa shape index (κ2) is 11.9. The van der Waals surface area contributed by atoms with Crippen molar-refractivity contribution in [1.82, 2.24) is 0 Å². The summed E-state index contributed by atoms with van der Waals surface area (Å²) in [7, 11) is 0. The Labute approximate surface area is 312 Å². The molecule has 4 heteroatoms. The van der Waals surface area contributed by atoms with Gasteiger partial charge in [0.2, 0.25) is 0 Å². The fraction of sp³-hybridized carbons (Fsp3) is 0. The second-order valence-electron chi connectivity index (χ2n) is 13.3. The lowest BCUT2D eigenvalue weighted by atomic mass is 10.0. The summed E-state index contributed by atoms with van der Waals surface area (Å²) in [5.41, 5.74) is 8.37. The SMILES string of the molecule is c1ccc2c(c1)sc1cc(-c3ccc(N(c4ccc(-c5ccc6sc7ccccc7c6c5)cc4)c4cccc5c4sc4ccccc45)cc3)ccc12. The van der Waals surface area contributed by atoms with Crippen molar-refractivity contribution >= 4 is 112 Å². The van der Waals surface area contributed by atoms with E-state index in [4.69, 9.17) is 0 Å². The van der Waals surface area contributed by atoms with Crippen LogP contribution in [0.5, 0.6) is 0 Å². The number of fused-ring (bicyclic) bond motifs is 9. The van der Waals surface area contributed by atoms with Gasteiger partial charge >= 0.3 is 0 Å². The van der Waals surface area contributed by atoms with Crippen LogP contribution in [-0.4, -0.2) is 0 Å². The van der Waals surface area contributed by atoms with E-state index < -0.39 is 0 Å².